The van der Waals surface area contributed by atoms with Gasteiger partial charge in [-0.3, -0.25) is 9.10 Å². The second-order valence-electron chi connectivity index (χ2n) is 5.40. The van der Waals surface area contributed by atoms with Gasteiger partial charge in [-0.25, -0.2) is 8.42 Å². The van der Waals surface area contributed by atoms with Crippen molar-refractivity contribution in [2.45, 2.75) is 6.92 Å². The lowest BCUT2D eigenvalue weighted by Crippen LogP contribution is -2.24. The number of aryl methyl sites for hydroxylation is 1. The normalized spacial score (nSPS) is 11.2. The fourth-order valence-corrected chi connectivity index (χ4v) is 2.61. The van der Waals surface area contributed by atoms with E-state index in [9.17, 15) is 13.2 Å². The number of carbonyl (C=O) groups excluding carboxylic acids is 1. The second-order valence-corrected chi connectivity index (χ2v) is 7.82. The van der Waals surface area contributed by atoms with Crippen LogP contribution in [0, 0.1) is 6.92 Å². The number of carbonyl (C=O) groups is 1. The van der Waals surface area contributed by atoms with Crippen molar-refractivity contribution in [3.63, 3.8) is 0 Å². The van der Waals surface area contributed by atoms with Crippen LogP contribution >= 0.6 is 11.6 Å². The zero-order chi connectivity index (χ0) is 17.9. The number of sulfonamides is 1. The topological polar surface area (TPSA) is 63.7 Å². The number of ether oxygens (including phenoxy) is 1. The van der Waals surface area contributed by atoms with Crippen molar-refractivity contribution >= 4 is 33.1 Å². The van der Waals surface area contributed by atoms with E-state index >= 15 is 0 Å². The van der Waals surface area contributed by atoms with E-state index in [0.29, 0.717) is 22.0 Å². The molecule has 0 aromatic heterocycles. The highest BCUT2D eigenvalue weighted by atomic mass is 35.5. The maximum Gasteiger partial charge on any atom is 0.231 e. The van der Waals surface area contributed by atoms with E-state index < -0.39 is 10.0 Å². The third-order valence-electron chi connectivity index (χ3n) is 3.55. The summed E-state index contributed by atoms with van der Waals surface area (Å²) in [4.78, 5) is 12.2. The highest BCUT2D eigenvalue weighted by molar-refractivity contribution is 7.92. The van der Waals surface area contributed by atoms with E-state index in [2.05, 4.69) is 0 Å². The number of hydrogen-bond donors (Lipinski definition) is 0. The van der Waals surface area contributed by atoms with Crippen LogP contribution in [0.25, 0.3) is 0 Å². The molecule has 0 saturated carbocycles. The van der Waals surface area contributed by atoms with Crippen LogP contribution in [-0.4, -0.2) is 34.1 Å². The largest absolute Gasteiger partial charge is 0.485 e. The summed E-state index contributed by atoms with van der Waals surface area (Å²) in [5, 5.41) is 0.638. The quantitative estimate of drug-likeness (QED) is 0.735. The van der Waals surface area contributed by atoms with Gasteiger partial charge in [-0.2, -0.15) is 0 Å². The molecule has 0 aliphatic rings. The van der Waals surface area contributed by atoms with Crippen molar-refractivity contribution in [1.82, 2.24) is 0 Å². The van der Waals surface area contributed by atoms with Crippen LogP contribution in [0.5, 0.6) is 5.75 Å². The number of Topliss-reactive ketones (excluding diaryl/α,β-unsaturated/α-hetero) is 1. The molecule has 0 aliphatic heterocycles. The minimum absolute atomic E-state index is 0.109. The first-order valence-electron chi connectivity index (χ1n) is 7.14. The lowest BCUT2D eigenvalue weighted by atomic mass is 10.1. The monoisotopic (exact) mass is 367 g/mol. The van der Waals surface area contributed by atoms with E-state index in [0.717, 1.165) is 16.1 Å². The molecule has 2 aromatic rings. The van der Waals surface area contributed by atoms with Crippen molar-refractivity contribution < 1.29 is 17.9 Å². The Morgan fingerprint density at radius 3 is 2.33 bits per heavy atom. The van der Waals surface area contributed by atoms with Crippen LogP contribution in [0.1, 0.15) is 15.9 Å². The molecule has 0 amide bonds. The third-order valence-corrected chi connectivity index (χ3v) is 5.18. The first kappa shape index (κ1) is 18.3. The van der Waals surface area contributed by atoms with Gasteiger partial charge in [-0.1, -0.05) is 11.6 Å². The molecule has 2 aromatic carbocycles. The highest BCUT2D eigenvalue weighted by Crippen LogP contribution is 2.21. The predicted octanol–water partition coefficient (Wildman–Crippen LogP) is 3.31. The molecule has 0 heterocycles. The van der Waals surface area contributed by atoms with Crippen LogP contribution in [0.4, 0.5) is 5.69 Å². The predicted molar refractivity (Wildman–Crippen MR) is 95.7 cm³/mol. The van der Waals surface area contributed by atoms with E-state index in [1.807, 2.05) is 6.92 Å². The molecular formula is C17H18ClNO4S. The van der Waals surface area contributed by atoms with Crippen molar-refractivity contribution in [1.29, 1.82) is 0 Å². The van der Waals surface area contributed by atoms with Crippen LogP contribution < -0.4 is 9.04 Å². The molecule has 0 saturated heterocycles. The SMILES string of the molecule is Cc1cc(OCC(=O)c2ccc(N(C)S(C)(=O)=O)cc2)ccc1Cl. The molecule has 2 rings (SSSR count). The Morgan fingerprint density at radius 2 is 1.79 bits per heavy atom. The molecular weight excluding hydrogens is 350 g/mol. The van der Waals surface area contributed by atoms with Gasteiger partial charge in [0.15, 0.2) is 12.4 Å². The van der Waals surface area contributed by atoms with Gasteiger partial charge in [0.25, 0.3) is 0 Å². The van der Waals surface area contributed by atoms with Crippen LogP contribution in [0.3, 0.4) is 0 Å². The van der Waals surface area contributed by atoms with Gasteiger partial charge < -0.3 is 4.74 Å². The van der Waals surface area contributed by atoms with E-state index in [1.165, 1.54) is 7.05 Å². The van der Waals surface area contributed by atoms with Gasteiger partial charge in [0.2, 0.25) is 10.0 Å². The molecule has 0 unspecified atom stereocenters. The molecule has 0 aliphatic carbocycles. The standard InChI is InChI=1S/C17H18ClNO4S/c1-12-10-15(8-9-16(12)18)23-11-17(20)13-4-6-14(7-5-13)19(2)24(3,21)22/h4-10H,11H2,1-3H3. The summed E-state index contributed by atoms with van der Waals surface area (Å²) in [6, 6.07) is 11.5. The van der Waals surface area contributed by atoms with E-state index in [-0.39, 0.29) is 12.4 Å². The molecule has 24 heavy (non-hydrogen) atoms. The lowest BCUT2D eigenvalue weighted by Gasteiger charge is -2.16. The number of ketones is 1. The fourth-order valence-electron chi connectivity index (χ4n) is 1.99. The van der Waals surface area contributed by atoms with Gasteiger partial charge in [-0.15, -0.1) is 0 Å². The number of anilines is 1. The minimum atomic E-state index is -3.33. The average molecular weight is 368 g/mol. The molecule has 0 fully saturated rings. The van der Waals surface area contributed by atoms with Gasteiger partial charge in [-0.05, 0) is 55.0 Å². The molecule has 5 nitrogen and oxygen atoms in total. The molecule has 128 valence electrons. The number of halogens is 1. The Hall–Kier alpha value is -2.05. The van der Waals surface area contributed by atoms with Crippen molar-refractivity contribution in [3.05, 3.63) is 58.6 Å². The summed E-state index contributed by atoms with van der Waals surface area (Å²) in [6.45, 7) is 1.75. The Morgan fingerprint density at radius 1 is 1.17 bits per heavy atom. The van der Waals surface area contributed by atoms with E-state index in [1.54, 1.807) is 42.5 Å². The second kappa shape index (κ2) is 7.23. The van der Waals surface area contributed by atoms with Gasteiger partial charge in [0.05, 0.1) is 11.9 Å². The Labute approximate surface area is 146 Å². The summed E-state index contributed by atoms with van der Waals surface area (Å²) in [7, 11) is -1.87. The zero-order valence-corrected chi connectivity index (χ0v) is 15.2. The van der Waals surface area contributed by atoms with Crippen LogP contribution in [0.2, 0.25) is 5.02 Å². The van der Waals surface area contributed by atoms with Crippen molar-refractivity contribution in [2.75, 3.05) is 24.2 Å². The molecule has 7 heteroatoms. The number of hydrogen-bond acceptors (Lipinski definition) is 4. The first-order chi connectivity index (χ1) is 11.2. The maximum atomic E-state index is 12.2. The summed E-state index contributed by atoms with van der Waals surface area (Å²) in [5.41, 5.74) is 1.81. The Bertz CT molecular complexity index is 847. The van der Waals surface area contributed by atoms with E-state index in [4.69, 9.17) is 16.3 Å². The summed E-state index contributed by atoms with van der Waals surface area (Å²) in [6.07, 6.45) is 1.12. The molecule has 0 atom stereocenters. The maximum absolute atomic E-state index is 12.2. The zero-order valence-electron chi connectivity index (χ0n) is 13.6. The smallest absolute Gasteiger partial charge is 0.231 e. The van der Waals surface area contributed by atoms with Crippen LogP contribution in [0.15, 0.2) is 42.5 Å². The van der Waals surface area contributed by atoms with Crippen LogP contribution in [-0.2, 0) is 10.0 Å². The first-order valence-corrected chi connectivity index (χ1v) is 9.37. The lowest BCUT2D eigenvalue weighted by molar-refractivity contribution is 0.0921. The Kier molecular flexibility index (Phi) is 5.51. The number of nitrogens with zero attached hydrogens (tertiary/aromatic N) is 1. The molecule has 0 spiro atoms. The minimum Gasteiger partial charge on any atom is -0.485 e. The van der Waals surface area contributed by atoms with Gasteiger partial charge >= 0.3 is 0 Å². The number of benzene rings is 2. The van der Waals surface area contributed by atoms with Crippen molar-refractivity contribution in [2.24, 2.45) is 0 Å². The fraction of sp³-hybridized carbons (Fsp3) is 0.235. The number of rotatable bonds is 6. The third kappa shape index (κ3) is 4.49. The summed E-state index contributed by atoms with van der Waals surface area (Å²) in [5.74, 6) is 0.370. The van der Waals surface area contributed by atoms with Gasteiger partial charge in [0, 0.05) is 17.6 Å². The Balaban J connectivity index is 2.03. The summed E-state index contributed by atoms with van der Waals surface area (Å²) < 4.78 is 29.6. The summed E-state index contributed by atoms with van der Waals surface area (Å²) >= 11 is 5.94. The van der Waals surface area contributed by atoms with Gasteiger partial charge in [0.1, 0.15) is 5.75 Å². The highest BCUT2D eigenvalue weighted by Gasteiger charge is 2.13. The molecule has 0 radical (unpaired) electrons. The molecule has 0 N–H and O–H groups in total. The average Bonchev–Trinajstić information content (AvgIpc) is 2.54. The van der Waals surface area contributed by atoms with Crippen molar-refractivity contribution in [3.8, 4) is 5.75 Å². The molecule has 0 bridgehead atoms.